The molecule has 3 heterocycles. The van der Waals surface area contributed by atoms with Gasteiger partial charge in [-0.3, -0.25) is 4.79 Å². The van der Waals surface area contributed by atoms with Gasteiger partial charge in [0.2, 0.25) is 5.88 Å². The van der Waals surface area contributed by atoms with Crippen molar-refractivity contribution in [3.8, 4) is 11.7 Å². The van der Waals surface area contributed by atoms with Crippen molar-refractivity contribution >= 4 is 5.91 Å². The second-order valence-electron chi connectivity index (χ2n) is 6.63. The highest BCUT2D eigenvalue weighted by Gasteiger charge is 2.33. The van der Waals surface area contributed by atoms with Gasteiger partial charge in [-0.25, -0.2) is 15.0 Å². The summed E-state index contributed by atoms with van der Waals surface area (Å²) in [6.07, 6.45) is -0.106. The molecule has 0 saturated heterocycles. The number of carbonyl (C=O) groups excluding carboxylic acids is 1. The van der Waals surface area contributed by atoms with Crippen LogP contribution in [-0.2, 0) is 6.18 Å². The van der Waals surface area contributed by atoms with Crippen molar-refractivity contribution in [2.24, 2.45) is 0 Å². The summed E-state index contributed by atoms with van der Waals surface area (Å²) >= 11 is 0. The summed E-state index contributed by atoms with van der Waals surface area (Å²) < 4.78 is 43.2. The van der Waals surface area contributed by atoms with Crippen LogP contribution in [0.15, 0.2) is 36.9 Å². The second kappa shape index (κ2) is 9.06. The number of hydrogen-bond donors (Lipinski definition) is 0. The van der Waals surface area contributed by atoms with Crippen molar-refractivity contribution < 1.29 is 22.7 Å². The molecule has 0 aliphatic rings. The van der Waals surface area contributed by atoms with Crippen molar-refractivity contribution in [3.63, 3.8) is 0 Å². The molecule has 0 saturated carbocycles. The topological polar surface area (TPSA) is 98.9 Å². The monoisotopic (exact) mass is 435 g/mol. The van der Waals surface area contributed by atoms with E-state index in [0.717, 1.165) is 6.20 Å². The van der Waals surface area contributed by atoms with E-state index in [4.69, 9.17) is 4.74 Å². The zero-order valence-electron chi connectivity index (χ0n) is 17.0. The van der Waals surface area contributed by atoms with Crippen LogP contribution in [-0.4, -0.2) is 59.9 Å². The number of alkyl halides is 3. The van der Waals surface area contributed by atoms with Gasteiger partial charge in [0.15, 0.2) is 11.5 Å². The van der Waals surface area contributed by atoms with Crippen LogP contribution in [0.5, 0.6) is 5.88 Å². The molecule has 1 amide bonds. The van der Waals surface area contributed by atoms with Crippen LogP contribution in [0.1, 0.15) is 35.6 Å². The summed E-state index contributed by atoms with van der Waals surface area (Å²) in [5.74, 6) is -0.0751. The lowest BCUT2D eigenvalue weighted by Crippen LogP contribution is -2.42. The lowest BCUT2D eigenvalue weighted by molar-refractivity contribution is -0.141. The molecule has 0 aliphatic carbocycles. The first-order chi connectivity index (χ1) is 14.7. The Labute approximate surface area is 175 Å². The molecule has 0 fully saturated rings. The van der Waals surface area contributed by atoms with Gasteiger partial charge in [0.25, 0.3) is 5.91 Å². The third-order valence-electron chi connectivity index (χ3n) is 4.38. The number of nitrogens with zero attached hydrogens (tertiary/aromatic N) is 7. The molecule has 1 unspecified atom stereocenters. The highest BCUT2D eigenvalue weighted by Crippen LogP contribution is 2.27. The van der Waals surface area contributed by atoms with Crippen LogP contribution in [0.25, 0.3) is 5.82 Å². The largest absolute Gasteiger partial charge is 0.474 e. The first-order valence-corrected chi connectivity index (χ1v) is 9.38. The van der Waals surface area contributed by atoms with Crippen molar-refractivity contribution in [1.82, 2.24) is 34.8 Å². The van der Waals surface area contributed by atoms with Gasteiger partial charge in [0.05, 0.1) is 36.4 Å². The number of halogens is 3. The number of likely N-dealkylation sites (N-methyl/N-ethyl adjacent to an activating group) is 1. The maximum atomic E-state index is 13.2. The Morgan fingerprint density at radius 2 is 1.90 bits per heavy atom. The highest BCUT2D eigenvalue weighted by molar-refractivity contribution is 5.97. The Bertz CT molecular complexity index is 1020. The molecule has 3 aromatic heterocycles. The van der Waals surface area contributed by atoms with Gasteiger partial charge >= 0.3 is 6.18 Å². The number of ether oxygens (including phenoxy) is 1. The first kappa shape index (κ1) is 22.1. The minimum Gasteiger partial charge on any atom is -0.474 e. The van der Waals surface area contributed by atoms with Crippen LogP contribution in [0, 0.1) is 6.92 Å². The molecule has 0 aliphatic heterocycles. The number of rotatable bonds is 7. The van der Waals surface area contributed by atoms with E-state index in [9.17, 15) is 18.0 Å². The minimum atomic E-state index is -4.58. The van der Waals surface area contributed by atoms with Crippen LogP contribution >= 0.6 is 0 Å². The molecule has 9 nitrogen and oxygen atoms in total. The summed E-state index contributed by atoms with van der Waals surface area (Å²) in [6, 6.07) is 2.95. The van der Waals surface area contributed by atoms with E-state index in [-0.39, 0.29) is 18.4 Å². The van der Waals surface area contributed by atoms with Gasteiger partial charge in [0, 0.05) is 12.2 Å². The fraction of sp³-hybridized carbons (Fsp3) is 0.368. The SMILES string of the molecule is CCN(C(=O)c1ccc(C)nc1-n1nccn1)C(C)COc1cnc(C(F)(F)F)cn1. The van der Waals surface area contributed by atoms with E-state index in [0.29, 0.717) is 29.8 Å². The molecule has 0 aromatic carbocycles. The molecule has 12 heteroatoms. The van der Waals surface area contributed by atoms with Gasteiger partial charge < -0.3 is 9.64 Å². The summed E-state index contributed by atoms with van der Waals surface area (Å²) in [5.41, 5.74) is -0.0983. The van der Waals surface area contributed by atoms with E-state index < -0.39 is 17.9 Å². The molecule has 0 spiro atoms. The molecular weight excluding hydrogens is 415 g/mol. The van der Waals surface area contributed by atoms with Gasteiger partial charge in [-0.15, -0.1) is 4.80 Å². The van der Waals surface area contributed by atoms with Crippen molar-refractivity contribution in [2.45, 2.75) is 33.0 Å². The molecule has 1 atom stereocenters. The number of amides is 1. The van der Waals surface area contributed by atoms with E-state index in [1.165, 1.54) is 17.2 Å². The Hall–Kier alpha value is -3.57. The first-order valence-electron chi connectivity index (χ1n) is 9.38. The standard InChI is InChI=1S/C19H20F3N7O2/c1-4-28(13(3)11-31-16-10-23-15(9-24-16)19(20,21)22)18(30)14-6-5-12(2)27-17(14)29-25-7-8-26-29/h5-10,13H,4,11H2,1-3H3. The van der Waals surface area contributed by atoms with Crippen molar-refractivity contribution in [3.05, 3.63) is 53.9 Å². The number of aromatic nitrogens is 6. The van der Waals surface area contributed by atoms with Crippen LogP contribution in [0.4, 0.5) is 13.2 Å². The zero-order chi connectivity index (χ0) is 22.6. The van der Waals surface area contributed by atoms with E-state index in [1.54, 1.807) is 37.8 Å². The molecule has 0 N–H and O–H groups in total. The third-order valence-corrected chi connectivity index (χ3v) is 4.38. The lowest BCUT2D eigenvalue weighted by Gasteiger charge is -2.28. The smallest absolute Gasteiger partial charge is 0.434 e. The van der Waals surface area contributed by atoms with Crippen LogP contribution < -0.4 is 4.74 Å². The average molecular weight is 435 g/mol. The fourth-order valence-corrected chi connectivity index (χ4v) is 2.83. The molecule has 164 valence electrons. The van der Waals surface area contributed by atoms with Crippen molar-refractivity contribution in [2.75, 3.05) is 13.2 Å². The normalized spacial score (nSPS) is 12.5. The highest BCUT2D eigenvalue weighted by atomic mass is 19.4. The van der Waals surface area contributed by atoms with Gasteiger partial charge in [-0.05, 0) is 32.9 Å². The Morgan fingerprint density at radius 3 is 2.48 bits per heavy atom. The predicted molar refractivity (Wildman–Crippen MR) is 103 cm³/mol. The molecular formula is C19H20F3N7O2. The van der Waals surface area contributed by atoms with E-state index in [1.807, 2.05) is 0 Å². The molecule has 31 heavy (non-hydrogen) atoms. The number of aryl methyl sites for hydroxylation is 1. The number of carbonyl (C=O) groups is 1. The summed E-state index contributed by atoms with van der Waals surface area (Å²) in [4.78, 5) is 27.4. The minimum absolute atomic E-state index is 0.00820. The third kappa shape index (κ3) is 5.13. The maximum Gasteiger partial charge on any atom is 0.434 e. The Kier molecular flexibility index (Phi) is 6.47. The van der Waals surface area contributed by atoms with Crippen LogP contribution in [0.2, 0.25) is 0 Å². The molecule has 0 bridgehead atoms. The zero-order valence-corrected chi connectivity index (χ0v) is 17.0. The van der Waals surface area contributed by atoms with Gasteiger partial charge in [-0.2, -0.15) is 23.4 Å². The summed E-state index contributed by atoms with van der Waals surface area (Å²) in [5, 5.41) is 8.11. The van der Waals surface area contributed by atoms with E-state index >= 15 is 0 Å². The van der Waals surface area contributed by atoms with Gasteiger partial charge in [-0.1, -0.05) is 0 Å². The van der Waals surface area contributed by atoms with Crippen molar-refractivity contribution in [1.29, 1.82) is 0 Å². The quantitative estimate of drug-likeness (QED) is 0.563. The van der Waals surface area contributed by atoms with Gasteiger partial charge in [0.1, 0.15) is 6.61 Å². The predicted octanol–water partition coefficient (Wildman–Crippen LogP) is 2.71. The number of pyridine rings is 1. The molecule has 3 aromatic rings. The number of hydrogen-bond acceptors (Lipinski definition) is 7. The fourth-order valence-electron chi connectivity index (χ4n) is 2.83. The van der Waals surface area contributed by atoms with E-state index in [2.05, 4.69) is 25.1 Å². The molecule has 3 rings (SSSR count). The lowest BCUT2D eigenvalue weighted by atomic mass is 10.1. The van der Waals surface area contributed by atoms with Crippen LogP contribution in [0.3, 0.4) is 0 Å². The Morgan fingerprint density at radius 1 is 1.19 bits per heavy atom. The average Bonchev–Trinajstić information content (AvgIpc) is 3.27. The Balaban J connectivity index is 1.74. The second-order valence-corrected chi connectivity index (χ2v) is 6.63. The maximum absolute atomic E-state index is 13.2. The summed E-state index contributed by atoms with van der Waals surface area (Å²) in [6.45, 7) is 5.72. The molecule has 0 radical (unpaired) electrons. The summed E-state index contributed by atoms with van der Waals surface area (Å²) in [7, 11) is 0.